The Labute approximate surface area is 98.6 Å². The second-order valence-electron chi connectivity index (χ2n) is 3.23. The molecule has 0 aliphatic carbocycles. The van der Waals surface area contributed by atoms with Gasteiger partial charge in [-0.15, -0.1) is 0 Å². The first kappa shape index (κ1) is 13.6. The molecule has 0 radical (unpaired) electrons. The summed E-state index contributed by atoms with van der Waals surface area (Å²) in [6.45, 7) is -0.0481. The molecular weight excluding hydrogens is 247 g/mol. The maximum atomic E-state index is 13.0. The molecule has 0 aliphatic rings. The Kier molecular flexibility index (Phi) is 4.57. The van der Waals surface area contributed by atoms with Crippen molar-refractivity contribution in [1.82, 2.24) is 4.72 Å². The van der Waals surface area contributed by atoms with Crippen LogP contribution >= 0.6 is 0 Å². The number of halogens is 1. The number of hydrogen-bond donors (Lipinski definition) is 2. The molecule has 1 aromatic carbocycles. The van der Waals surface area contributed by atoms with Gasteiger partial charge in [0, 0.05) is 13.2 Å². The number of hydrogen-bond acceptors (Lipinski definition) is 4. The summed E-state index contributed by atoms with van der Waals surface area (Å²) in [5, 5.41) is 17.1. The van der Waals surface area contributed by atoms with Gasteiger partial charge in [-0.25, -0.2) is 17.5 Å². The van der Waals surface area contributed by atoms with Crippen LogP contribution in [0.1, 0.15) is 12.0 Å². The van der Waals surface area contributed by atoms with Gasteiger partial charge in [0.15, 0.2) is 0 Å². The molecule has 0 unspecified atom stereocenters. The summed E-state index contributed by atoms with van der Waals surface area (Å²) in [7, 11) is -3.76. The second-order valence-corrected chi connectivity index (χ2v) is 5.00. The minimum atomic E-state index is -3.76. The van der Waals surface area contributed by atoms with Crippen molar-refractivity contribution in [3.05, 3.63) is 29.6 Å². The number of rotatable bonds is 5. The van der Waals surface area contributed by atoms with Crippen molar-refractivity contribution in [2.75, 3.05) is 13.2 Å². The van der Waals surface area contributed by atoms with Gasteiger partial charge in [-0.1, -0.05) is 0 Å². The molecule has 17 heavy (non-hydrogen) atoms. The van der Waals surface area contributed by atoms with Crippen LogP contribution in [0.4, 0.5) is 4.39 Å². The molecule has 0 aromatic heterocycles. The van der Waals surface area contributed by atoms with E-state index in [1.54, 1.807) is 6.07 Å². The van der Waals surface area contributed by atoms with Gasteiger partial charge in [0.2, 0.25) is 10.0 Å². The number of nitrogens with zero attached hydrogens (tertiary/aromatic N) is 1. The van der Waals surface area contributed by atoms with E-state index in [4.69, 9.17) is 10.4 Å². The summed E-state index contributed by atoms with van der Waals surface area (Å²) in [4.78, 5) is -0.173. The highest BCUT2D eigenvalue weighted by Crippen LogP contribution is 2.14. The SMILES string of the molecule is N#Cc1cc(S(=O)(=O)NCCCO)ccc1F. The van der Waals surface area contributed by atoms with E-state index in [1.165, 1.54) is 0 Å². The highest BCUT2D eigenvalue weighted by atomic mass is 32.2. The van der Waals surface area contributed by atoms with Gasteiger partial charge >= 0.3 is 0 Å². The first-order chi connectivity index (χ1) is 8.01. The lowest BCUT2D eigenvalue weighted by molar-refractivity contribution is 0.289. The number of benzene rings is 1. The second kappa shape index (κ2) is 5.72. The van der Waals surface area contributed by atoms with E-state index in [0.717, 1.165) is 18.2 Å². The van der Waals surface area contributed by atoms with E-state index < -0.39 is 15.8 Å². The summed E-state index contributed by atoms with van der Waals surface area (Å²) in [6, 6.07) is 4.55. The topological polar surface area (TPSA) is 90.2 Å². The standard InChI is InChI=1S/C10H11FN2O3S/c11-10-3-2-9(6-8(10)7-12)17(15,16)13-4-1-5-14/h2-3,6,13-14H,1,4-5H2. The molecule has 92 valence electrons. The zero-order chi connectivity index (χ0) is 12.9. The summed E-state index contributed by atoms with van der Waals surface area (Å²) in [6.07, 6.45) is 0.283. The Bertz CT molecular complexity index is 537. The van der Waals surface area contributed by atoms with Crippen LogP contribution < -0.4 is 4.72 Å². The van der Waals surface area contributed by atoms with E-state index in [1.807, 2.05) is 0 Å². The van der Waals surface area contributed by atoms with Crippen LogP contribution in [0.2, 0.25) is 0 Å². The molecular formula is C10H11FN2O3S. The molecule has 0 heterocycles. The Morgan fingerprint density at radius 1 is 1.47 bits per heavy atom. The average molecular weight is 258 g/mol. The summed E-state index contributed by atoms with van der Waals surface area (Å²) in [5.74, 6) is -0.762. The van der Waals surface area contributed by atoms with E-state index in [9.17, 15) is 12.8 Å². The van der Waals surface area contributed by atoms with Crippen LogP contribution in [0.25, 0.3) is 0 Å². The molecule has 5 nitrogen and oxygen atoms in total. The number of nitriles is 1. The zero-order valence-corrected chi connectivity index (χ0v) is 9.67. The van der Waals surface area contributed by atoms with E-state index in [0.29, 0.717) is 0 Å². The van der Waals surface area contributed by atoms with Gasteiger partial charge < -0.3 is 5.11 Å². The smallest absolute Gasteiger partial charge is 0.240 e. The third kappa shape index (κ3) is 3.49. The van der Waals surface area contributed by atoms with Crippen LogP contribution in [-0.2, 0) is 10.0 Å². The van der Waals surface area contributed by atoms with Gasteiger partial charge in [0.25, 0.3) is 0 Å². The highest BCUT2D eigenvalue weighted by Gasteiger charge is 2.15. The minimum Gasteiger partial charge on any atom is -0.396 e. The molecule has 0 fully saturated rings. The third-order valence-electron chi connectivity index (χ3n) is 2.00. The lowest BCUT2D eigenvalue weighted by Gasteiger charge is -2.06. The van der Waals surface area contributed by atoms with E-state index in [-0.39, 0.29) is 30.0 Å². The van der Waals surface area contributed by atoms with Crippen LogP contribution in [0.3, 0.4) is 0 Å². The fourth-order valence-electron chi connectivity index (χ4n) is 1.13. The van der Waals surface area contributed by atoms with Crippen molar-refractivity contribution in [2.45, 2.75) is 11.3 Å². The van der Waals surface area contributed by atoms with Crippen LogP contribution in [-0.4, -0.2) is 26.7 Å². The number of nitrogens with one attached hydrogen (secondary N) is 1. The van der Waals surface area contributed by atoms with Gasteiger partial charge in [0.1, 0.15) is 11.9 Å². The van der Waals surface area contributed by atoms with Crippen molar-refractivity contribution in [3.63, 3.8) is 0 Å². The van der Waals surface area contributed by atoms with Gasteiger partial charge in [-0.2, -0.15) is 5.26 Å². The van der Waals surface area contributed by atoms with Crippen LogP contribution in [0, 0.1) is 17.1 Å². The third-order valence-corrected chi connectivity index (χ3v) is 3.45. The van der Waals surface area contributed by atoms with Crippen molar-refractivity contribution < 1.29 is 17.9 Å². The predicted octanol–water partition coefficient (Wildman–Crippen LogP) is 0.358. The molecule has 0 spiro atoms. The summed E-state index contributed by atoms with van der Waals surface area (Å²) < 4.78 is 38.5. The fourth-order valence-corrected chi connectivity index (χ4v) is 2.23. The number of aliphatic hydroxyl groups is 1. The molecule has 1 rings (SSSR count). The minimum absolute atomic E-state index is 0.0814. The molecule has 7 heteroatoms. The van der Waals surface area contributed by atoms with Gasteiger partial charge in [-0.3, -0.25) is 0 Å². The molecule has 0 bridgehead atoms. The monoisotopic (exact) mass is 258 g/mol. The van der Waals surface area contributed by atoms with Gasteiger partial charge in [0.05, 0.1) is 10.5 Å². The Morgan fingerprint density at radius 3 is 2.76 bits per heavy atom. The van der Waals surface area contributed by atoms with Crippen LogP contribution in [0.5, 0.6) is 0 Å². The first-order valence-corrected chi connectivity index (χ1v) is 6.30. The largest absolute Gasteiger partial charge is 0.396 e. The molecule has 2 N–H and O–H groups in total. The number of sulfonamides is 1. The molecule has 0 amide bonds. The Hall–Kier alpha value is -1.49. The van der Waals surface area contributed by atoms with Crippen molar-refractivity contribution in [2.24, 2.45) is 0 Å². The highest BCUT2D eigenvalue weighted by molar-refractivity contribution is 7.89. The van der Waals surface area contributed by atoms with Crippen molar-refractivity contribution in [3.8, 4) is 6.07 Å². The van der Waals surface area contributed by atoms with Crippen molar-refractivity contribution in [1.29, 1.82) is 5.26 Å². The predicted molar refractivity (Wildman–Crippen MR) is 58.0 cm³/mol. The Morgan fingerprint density at radius 2 is 2.18 bits per heavy atom. The van der Waals surface area contributed by atoms with Gasteiger partial charge in [-0.05, 0) is 24.6 Å². The first-order valence-electron chi connectivity index (χ1n) is 4.81. The Balaban J connectivity index is 2.96. The summed E-state index contributed by atoms with van der Waals surface area (Å²) in [5.41, 5.74) is -0.324. The van der Waals surface area contributed by atoms with E-state index >= 15 is 0 Å². The van der Waals surface area contributed by atoms with E-state index in [2.05, 4.69) is 4.72 Å². The number of aliphatic hydroxyl groups excluding tert-OH is 1. The zero-order valence-electron chi connectivity index (χ0n) is 8.85. The molecule has 0 saturated heterocycles. The van der Waals surface area contributed by atoms with Crippen LogP contribution in [0.15, 0.2) is 23.1 Å². The maximum absolute atomic E-state index is 13.0. The van der Waals surface area contributed by atoms with Crippen molar-refractivity contribution >= 4 is 10.0 Å². The lowest BCUT2D eigenvalue weighted by Crippen LogP contribution is -2.25. The molecule has 0 aliphatic heterocycles. The maximum Gasteiger partial charge on any atom is 0.240 e. The quantitative estimate of drug-likeness (QED) is 0.746. The lowest BCUT2D eigenvalue weighted by atomic mass is 10.2. The molecule has 0 saturated carbocycles. The summed E-state index contributed by atoms with van der Waals surface area (Å²) >= 11 is 0. The molecule has 0 atom stereocenters. The normalized spacial score (nSPS) is 11.1. The fraction of sp³-hybridized carbons (Fsp3) is 0.300. The molecule has 1 aromatic rings. The average Bonchev–Trinajstić information content (AvgIpc) is 2.29.